The molecule has 0 radical (unpaired) electrons. The topological polar surface area (TPSA) is 121 Å². The number of hydrogen-bond donors (Lipinski definition) is 2. The van der Waals surface area contributed by atoms with Crippen molar-refractivity contribution in [3.63, 3.8) is 0 Å². The smallest absolute Gasteiger partial charge is 0.309 e. The summed E-state index contributed by atoms with van der Waals surface area (Å²) in [4.78, 5) is 35.7. The quantitative estimate of drug-likeness (QED) is 0.428. The van der Waals surface area contributed by atoms with Crippen LogP contribution in [0.2, 0.25) is 0 Å². The van der Waals surface area contributed by atoms with Gasteiger partial charge in [-0.2, -0.15) is 0 Å². The maximum Gasteiger partial charge on any atom is 0.309 e. The molecular formula is C21H24N2O8. The minimum Gasteiger partial charge on any atom is -0.493 e. The Bertz CT molecular complexity index is 916. The third kappa shape index (κ3) is 7.11. The number of methoxy groups -OCH3 is 3. The number of hydrazine groups is 1. The second kappa shape index (κ2) is 11.9. The van der Waals surface area contributed by atoms with Crippen LogP contribution in [0.5, 0.6) is 23.0 Å². The lowest BCUT2D eigenvalue weighted by Crippen LogP contribution is -2.43. The first-order valence-electron chi connectivity index (χ1n) is 9.21. The summed E-state index contributed by atoms with van der Waals surface area (Å²) in [5.74, 6) is -0.0424. The predicted octanol–water partition coefficient (Wildman–Crippen LogP) is 1.49. The van der Waals surface area contributed by atoms with Crippen LogP contribution in [0.1, 0.15) is 16.8 Å². The highest BCUT2D eigenvalue weighted by atomic mass is 16.5. The molecule has 10 heteroatoms. The number of para-hydroxylation sites is 2. The Morgan fingerprint density at radius 2 is 1.45 bits per heavy atom. The summed E-state index contributed by atoms with van der Waals surface area (Å²) < 4.78 is 25.7. The average molecular weight is 432 g/mol. The lowest BCUT2D eigenvalue weighted by atomic mass is 10.2. The van der Waals surface area contributed by atoms with Crippen molar-refractivity contribution >= 4 is 17.8 Å². The van der Waals surface area contributed by atoms with Gasteiger partial charge in [0.25, 0.3) is 11.8 Å². The van der Waals surface area contributed by atoms with Gasteiger partial charge in [-0.3, -0.25) is 25.2 Å². The Balaban J connectivity index is 1.70. The maximum atomic E-state index is 12.1. The number of ether oxygens (including phenoxy) is 5. The Labute approximate surface area is 179 Å². The van der Waals surface area contributed by atoms with Crippen molar-refractivity contribution < 1.29 is 38.1 Å². The van der Waals surface area contributed by atoms with E-state index < -0.39 is 24.4 Å². The summed E-state index contributed by atoms with van der Waals surface area (Å²) in [6, 6.07) is 11.5. The van der Waals surface area contributed by atoms with E-state index in [0.717, 1.165) is 0 Å². The average Bonchev–Trinajstić information content (AvgIpc) is 2.80. The number of hydrogen-bond acceptors (Lipinski definition) is 8. The zero-order valence-electron chi connectivity index (χ0n) is 17.4. The molecule has 2 aromatic carbocycles. The van der Waals surface area contributed by atoms with Crippen LogP contribution >= 0.6 is 0 Å². The van der Waals surface area contributed by atoms with E-state index in [1.807, 2.05) is 0 Å². The normalized spacial score (nSPS) is 9.90. The van der Waals surface area contributed by atoms with Crippen LogP contribution in [0.25, 0.3) is 0 Å². The summed E-state index contributed by atoms with van der Waals surface area (Å²) in [7, 11) is 4.43. The van der Waals surface area contributed by atoms with Crippen LogP contribution in [0.4, 0.5) is 0 Å². The molecule has 2 rings (SSSR count). The SMILES string of the molecule is COc1ccc(C(=O)NNC(=O)COC(=O)CCOc2ccccc2OC)cc1OC. The zero-order chi connectivity index (χ0) is 22.6. The molecular weight excluding hydrogens is 408 g/mol. The number of benzene rings is 2. The van der Waals surface area contributed by atoms with E-state index in [2.05, 4.69) is 10.9 Å². The molecule has 0 aliphatic rings. The molecule has 0 heterocycles. The molecule has 0 fully saturated rings. The van der Waals surface area contributed by atoms with Gasteiger partial charge in [0.05, 0.1) is 34.4 Å². The predicted molar refractivity (Wildman–Crippen MR) is 109 cm³/mol. The van der Waals surface area contributed by atoms with Crippen molar-refractivity contribution in [2.45, 2.75) is 6.42 Å². The molecule has 10 nitrogen and oxygen atoms in total. The second-order valence-electron chi connectivity index (χ2n) is 5.98. The Hall–Kier alpha value is -3.95. The molecule has 2 amide bonds. The third-order valence-corrected chi connectivity index (χ3v) is 3.96. The molecule has 0 atom stereocenters. The molecule has 0 saturated heterocycles. The van der Waals surface area contributed by atoms with E-state index in [4.69, 9.17) is 23.7 Å². The minimum absolute atomic E-state index is 0.0524. The van der Waals surface area contributed by atoms with E-state index >= 15 is 0 Å². The molecule has 0 saturated carbocycles. The zero-order valence-corrected chi connectivity index (χ0v) is 17.4. The summed E-state index contributed by atoms with van der Waals surface area (Å²) in [6.07, 6.45) is -0.0661. The van der Waals surface area contributed by atoms with Gasteiger partial charge in [-0.1, -0.05) is 12.1 Å². The van der Waals surface area contributed by atoms with E-state index in [9.17, 15) is 14.4 Å². The third-order valence-electron chi connectivity index (χ3n) is 3.96. The number of nitrogens with one attached hydrogen (secondary N) is 2. The van der Waals surface area contributed by atoms with Gasteiger partial charge in [0.1, 0.15) is 0 Å². The Morgan fingerprint density at radius 3 is 2.13 bits per heavy atom. The summed E-state index contributed by atoms with van der Waals surface area (Å²) in [5, 5.41) is 0. The van der Waals surface area contributed by atoms with E-state index in [1.54, 1.807) is 30.3 Å². The van der Waals surface area contributed by atoms with Gasteiger partial charge in [0.15, 0.2) is 29.6 Å². The monoisotopic (exact) mass is 432 g/mol. The lowest BCUT2D eigenvalue weighted by molar-refractivity contribution is -0.149. The molecule has 0 aliphatic heterocycles. The number of amides is 2. The van der Waals surface area contributed by atoms with Crippen molar-refractivity contribution in [1.29, 1.82) is 0 Å². The standard InChI is InChI=1S/C21H24N2O8/c1-27-15-6-4-5-7-17(15)30-11-10-20(25)31-13-19(24)22-23-21(26)14-8-9-16(28-2)18(12-14)29-3/h4-9,12H,10-11,13H2,1-3H3,(H,22,24)(H,23,26). The highest BCUT2D eigenvalue weighted by Gasteiger charge is 2.13. The van der Waals surface area contributed by atoms with Gasteiger partial charge in [0.2, 0.25) is 0 Å². The first-order chi connectivity index (χ1) is 15.0. The Kier molecular flexibility index (Phi) is 8.96. The maximum absolute atomic E-state index is 12.1. The van der Waals surface area contributed by atoms with Crippen LogP contribution in [-0.4, -0.2) is 52.3 Å². The van der Waals surface area contributed by atoms with Crippen molar-refractivity contribution in [3.05, 3.63) is 48.0 Å². The molecule has 31 heavy (non-hydrogen) atoms. The fraction of sp³-hybridized carbons (Fsp3) is 0.286. The summed E-state index contributed by atoms with van der Waals surface area (Å²) in [5.41, 5.74) is 4.63. The van der Waals surface area contributed by atoms with Gasteiger partial charge < -0.3 is 23.7 Å². The first-order valence-corrected chi connectivity index (χ1v) is 9.21. The molecule has 0 unspecified atom stereocenters. The molecule has 166 valence electrons. The van der Waals surface area contributed by atoms with Crippen LogP contribution in [0.3, 0.4) is 0 Å². The van der Waals surface area contributed by atoms with E-state index in [0.29, 0.717) is 23.0 Å². The van der Waals surface area contributed by atoms with Crippen molar-refractivity contribution in [2.24, 2.45) is 0 Å². The van der Waals surface area contributed by atoms with Crippen LogP contribution in [0, 0.1) is 0 Å². The number of rotatable bonds is 10. The molecule has 0 aliphatic carbocycles. The summed E-state index contributed by atoms with van der Waals surface area (Å²) in [6.45, 7) is -0.503. The number of carbonyl (C=O) groups is 3. The van der Waals surface area contributed by atoms with E-state index in [1.165, 1.54) is 33.5 Å². The van der Waals surface area contributed by atoms with Gasteiger partial charge >= 0.3 is 5.97 Å². The number of carbonyl (C=O) groups excluding carboxylic acids is 3. The molecule has 2 aromatic rings. The second-order valence-corrected chi connectivity index (χ2v) is 5.98. The molecule has 0 spiro atoms. The minimum atomic E-state index is -0.701. The van der Waals surface area contributed by atoms with Gasteiger partial charge in [-0.25, -0.2) is 0 Å². The number of esters is 1. The van der Waals surface area contributed by atoms with E-state index in [-0.39, 0.29) is 18.6 Å². The molecule has 2 N–H and O–H groups in total. The van der Waals surface area contributed by atoms with Gasteiger partial charge in [-0.15, -0.1) is 0 Å². The van der Waals surface area contributed by atoms with Gasteiger partial charge in [-0.05, 0) is 30.3 Å². The van der Waals surface area contributed by atoms with Crippen molar-refractivity contribution in [3.8, 4) is 23.0 Å². The lowest BCUT2D eigenvalue weighted by Gasteiger charge is -2.11. The highest BCUT2D eigenvalue weighted by molar-refractivity contribution is 5.96. The first kappa shape index (κ1) is 23.3. The van der Waals surface area contributed by atoms with Crippen molar-refractivity contribution in [1.82, 2.24) is 10.9 Å². The largest absolute Gasteiger partial charge is 0.493 e. The fourth-order valence-corrected chi connectivity index (χ4v) is 2.41. The molecule has 0 aromatic heterocycles. The van der Waals surface area contributed by atoms with Crippen LogP contribution < -0.4 is 29.8 Å². The summed E-state index contributed by atoms with van der Waals surface area (Å²) >= 11 is 0. The highest BCUT2D eigenvalue weighted by Crippen LogP contribution is 2.27. The van der Waals surface area contributed by atoms with Gasteiger partial charge in [0, 0.05) is 5.56 Å². The van der Waals surface area contributed by atoms with Crippen LogP contribution in [0.15, 0.2) is 42.5 Å². The molecule has 0 bridgehead atoms. The Morgan fingerprint density at radius 1 is 0.806 bits per heavy atom. The fourth-order valence-electron chi connectivity index (χ4n) is 2.41. The van der Waals surface area contributed by atoms with Crippen molar-refractivity contribution in [2.75, 3.05) is 34.5 Å². The van der Waals surface area contributed by atoms with Crippen LogP contribution in [-0.2, 0) is 14.3 Å².